The first-order valence-corrected chi connectivity index (χ1v) is 17.1. The van der Waals surface area contributed by atoms with Crippen LogP contribution in [0.5, 0.6) is 0 Å². The Hall–Kier alpha value is -5.34. The summed E-state index contributed by atoms with van der Waals surface area (Å²) in [6, 6.07) is 58.0. The maximum absolute atomic E-state index is 2.50. The predicted octanol–water partition coefficient (Wildman–Crippen LogP) is 10.9. The summed E-state index contributed by atoms with van der Waals surface area (Å²) >= 11 is 0.272. The minimum Gasteiger partial charge on any atom is -0.0602 e. The normalized spacial score (nSPS) is 12.0. The molecule has 0 N–H and O–H groups in total. The van der Waals surface area contributed by atoms with Gasteiger partial charge in [0.1, 0.15) is 0 Å². The number of aromatic nitrogens is 2. The van der Waals surface area contributed by atoms with Crippen molar-refractivity contribution in [1.29, 1.82) is 0 Å². The first-order valence-electron chi connectivity index (χ1n) is 15.4. The van der Waals surface area contributed by atoms with Crippen molar-refractivity contribution in [2.45, 2.75) is 0 Å². The van der Waals surface area contributed by atoms with E-state index in [1.807, 2.05) is 0 Å². The van der Waals surface area contributed by atoms with Crippen molar-refractivity contribution < 1.29 is 0 Å². The molecule has 2 nitrogen and oxygen atoms in total. The van der Waals surface area contributed by atoms with Gasteiger partial charge < -0.3 is 0 Å². The van der Waals surface area contributed by atoms with Crippen LogP contribution in [0.15, 0.2) is 158 Å². The monoisotopic (exact) mass is 638 g/mol. The molecule has 0 spiro atoms. The van der Waals surface area contributed by atoms with E-state index in [4.69, 9.17) is 0 Å². The van der Waals surface area contributed by atoms with E-state index in [-0.39, 0.29) is 14.5 Å². The Morgan fingerprint density at radius 3 is 1.60 bits per heavy atom. The van der Waals surface area contributed by atoms with E-state index in [0.29, 0.717) is 0 Å². The first-order chi connectivity index (χ1) is 22.3. The van der Waals surface area contributed by atoms with Gasteiger partial charge in [-0.3, -0.25) is 0 Å². The minimum absolute atomic E-state index is 0.272. The number of fused-ring (bicyclic) bond motifs is 9. The number of hydrogen-bond acceptors (Lipinski definition) is 0. The van der Waals surface area contributed by atoms with Gasteiger partial charge in [-0.05, 0) is 18.2 Å². The van der Waals surface area contributed by atoms with E-state index in [1.165, 1.54) is 85.4 Å². The van der Waals surface area contributed by atoms with Crippen molar-refractivity contribution in [3.05, 3.63) is 158 Å². The third kappa shape index (κ3) is 3.63. The zero-order chi connectivity index (χ0) is 29.5. The number of para-hydroxylation sites is 3. The molecule has 0 radical (unpaired) electrons. The number of hydrogen-bond donors (Lipinski definition) is 0. The Morgan fingerprint density at radius 2 is 0.889 bits per heavy atom. The fraction of sp³-hybridized carbons (Fsp3) is 0. The van der Waals surface area contributed by atoms with Crippen molar-refractivity contribution in [1.82, 2.24) is 9.13 Å². The molecule has 0 unspecified atom stereocenters. The number of rotatable bonds is 3. The maximum Gasteiger partial charge on any atom is -0.0380 e. The standard InChI is InChI=1S/C42H26N2Se/c1-2-11-29(12-3-1)43-36-17-7-4-13-30(36)34-25-27(21-23-38(34)43)28-22-24-39-35(26-28)31-14-5-8-18-37(31)44(39)40-19-10-16-33-32-15-6-9-20-41(32)45-42(33)40/h1-26H. The van der Waals surface area contributed by atoms with Crippen LogP contribution in [-0.4, -0.2) is 23.6 Å². The Bertz CT molecular complexity index is 2760. The third-order valence-electron chi connectivity index (χ3n) is 9.32. The molecule has 0 aliphatic carbocycles. The summed E-state index contributed by atoms with van der Waals surface area (Å²) in [6.45, 7) is 0. The molecule has 0 bridgehead atoms. The van der Waals surface area contributed by atoms with Crippen molar-refractivity contribution in [2.24, 2.45) is 0 Å². The smallest absolute Gasteiger partial charge is 0.0380 e. The molecule has 210 valence electrons. The molecule has 3 heterocycles. The van der Waals surface area contributed by atoms with Gasteiger partial charge in [0, 0.05) is 5.69 Å². The van der Waals surface area contributed by atoms with Crippen LogP contribution in [0.4, 0.5) is 0 Å². The van der Waals surface area contributed by atoms with Crippen LogP contribution in [0, 0.1) is 0 Å². The van der Waals surface area contributed by atoms with Crippen LogP contribution in [0.25, 0.3) is 85.4 Å². The van der Waals surface area contributed by atoms with Gasteiger partial charge >= 0.3 is 213 Å². The second-order valence-electron chi connectivity index (χ2n) is 11.8. The third-order valence-corrected chi connectivity index (χ3v) is 11.9. The van der Waals surface area contributed by atoms with E-state index < -0.39 is 0 Å². The number of nitrogens with zero attached hydrogens (tertiary/aromatic N) is 2. The molecular formula is C42H26N2Se. The summed E-state index contributed by atoms with van der Waals surface area (Å²) in [6.07, 6.45) is 0. The van der Waals surface area contributed by atoms with E-state index in [0.717, 1.165) is 0 Å². The second kappa shape index (κ2) is 9.58. The molecular weight excluding hydrogens is 611 g/mol. The molecule has 0 aliphatic rings. The summed E-state index contributed by atoms with van der Waals surface area (Å²) in [5.41, 5.74) is 9.92. The van der Waals surface area contributed by atoms with E-state index in [2.05, 4.69) is 167 Å². The molecule has 3 heteroatoms. The van der Waals surface area contributed by atoms with Crippen molar-refractivity contribution >= 4 is 77.4 Å². The van der Waals surface area contributed by atoms with Gasteiger partial charge in [-0.2, -0.15) is 0 Å². The molecule has 10 aromatic rings. The van der Waals surface area contributed by atoms with Gasteiger partial charge in [-0.25, -0.2) is 0 Å². The molecule has 10 rings (SSSR count). The Morgan fingerprint density at radius 1 is 0.356 bits per heavy atom. The van der Waals surface area contributed by atoms with Crippen LogP contribution in [0.3, 0.4) is 0 Å². The second-order valence-corrected chi connectivity index (χ2v) is 14.0. The summed E-state index contributed by atoms with van der Waals surface area (Å²) < 4.78 is 7.82. The van der Waals surface area contributed by atoms with Crippen LogP contribution >= 0.6 is 0 Å². The zero-order valence-electron chi connectivity index (χ0n) is 24.3. The first kappa shape index (κ1) is 25.0. The fourth-order valence-electron chi connectivity index (χ4n) is 7.33. The average molecular weight is 638 g/mol. The van der Waals surface area contributed by atoms with Crippen LogP contribution < -0.4 is 0 Å². The minimum atomic E-state index is 0.272. The average Bonchev–Trinajstić information content (AvgIpc) is 3.76. The Labute approximate surface area is 265 Å². The SMILES string of the molecule is c1ccc(-n2c3ccccc3c3cc(-c4ccc5c(c4)c4ccccc4n5-c4cccc5c4[se]c4ccccc45)ccc32)cc1. The largest absolute Gasteiger partial charge is 0.0602 e. The van der Waals surface area contributed by atoms with Crippen molar-refractivity contribution in [2.75, 3.05) is 0 Å². The van der Waals surface area contributed by atoms with E-state index in [1.54, 1.807) is 0 Å². The summed E-state index contributed by atoms with van der Waals surface area (Å²) in [7, 11) is 0. The van der Waals surface area contributed by atoms with Crippen molar-refractivity contribution in [3.63, 3.8) is 0 Å². The van der Waals surface area contributed by atoms with Crippen molar-refractivity contribution in [3.8, 4) is 22.5 Å². The molecule has 0 aliphatic heterocycles. The molecule has 0 fully saturated rings. The molecule has 3 aromatic heterocycles. The molecule has 0 saturated carbocycles. The van der Waals surface area contributed by atoms with Gasteiger partial charge in [0.2, 0.25) is 0 Å². The van der Waals surface area contributed by atoms with Gasteiger partial charge in [0.15, 0.2) is 0 Å². The van der Waals surface area contributed by atoms with Gasteiger partial charge in [0.05, 0.1) is 0 Å². The predicted molar refractivity (Wildman–Crippen MR) is 193 cm³/mol. The van der Waals surface area contributed by atoms with Crippen LogP contribution in [-0.2, 0) is 0 Å². The van der Waals surface area contributed by atoms with E-state index in [9.17, 15) is 0 Å². The van der Waals surface area contributed by atoms with Gasteiger partial charge in [-0.15, -0.1) is 0 Å². The topological polar surface area (TPSA) is 9.86 Å². The molecule has 0 amide bonds. The molecule has 45 heavy (non-hydrogen) atoms. The summed E-state index contributed by atoms with van der Waals surface area (Å²) in [4.78, 5) is 0. The van der Waals surface area contributed by atoms with Crippen LogP contribution in [0.2, 0.25) is 0 Å². The zero-order valence-corrected chi connectivity index (χ0v) is 26.0. The maximum atomic E-state index is 2.50. The summed E-state index contributed by atoms with van der Waals surface area (Å²) in [5, 5.41) is 7.90. The Balaban J connectivity index is 1.20. The van der Waals surface area contributed by atoms with Crippen LogP contribution in [0.1, 0.15) is 0 Å². The van der Waals surface area contributed by atoms with E-state index >= 15 is 0 Å². The van der Waals surface area contributed by atoms with Gasteiger partial charge in [-0.1, -0.05) is 30.3 Å². The Kier molecular flexibility index (Phi) is 5.33. The molecule has 7 aromatic carbocycles. The quantitative estimate of drug-likeness (QED) is 0.171. The molecule has 0 saturated heterocycles. The number of benzene rings is 7. The van der Waals surface area contributed by atoms with Gasteiger partial charge in [0.25, 0.3) is 0 Å². The fourth-order valence-corrected chi connectivity index (χ4v) is 9.86. The summed E-state index contributed by atoms with van der Waals surface area (Å²) in [5.74, 6) is 0. The molecule has 0 atom stereocenters.